The van der Waals surface area contributed by atoms with E-state index >= 15 is 0 Å². The highest BCUT2D eigenvalue weighted by Crippen LogP contribution is 2.24. The van der Waals surface area contributed by atoms with Gasteiger partial charge >= 0.3 is 5.97 Å². The van der Waals surface area contributed by atoms with Gasteiger partial charge in [0.15, 0.2) is 0 Å². The van der Waals surface area contributed by atoms with Crippen LogP contribution in [-0.2, 0) is 4.74 Å². The van der Waals surface area contributed by atoms with Crippen molar-refractivity contribution >= 4 is 18.2 Å². The van der Waals surface area contributed by atoms with Crippen molar-refractivity contribution in [1.29, 1.82) is 0 Å². The number of nitrogens with one attached hydrogen (secondary N) is 1. The van der Waals surface area contributed by atoms with Gasteiger partial charge in [-0.2, -0.15) is 0 Å². The van der Waals surface area contributed by atoms with Crippen LogP contribution in [0, 0.1) is 11.6 Å². The predicted octanol–water partition coefficient (Wildman–Crippen LogP) is 3.92. The van der Waals surface area contributed by atoms with E-state index in [0.29, 0.717) is 16.1 Å². The number of aromatic amines is 1. The summed E-state index contributed by atoms with van der Waals surface area (Å²) in [4.78, 5) is 19.3. The second-order valence-electron chi connectivity index (χ2n) is 4.69. The average Bonchev–Trinajstić information content (AvgIpc) is 2.37. The normalized spacial score (nSPS) is 10.8. The fraction of sp³-hybridized carbons (Fsp3) is 0.643. The number of nitrogens with zero attached hydrogens (tertiary/aromatic N) is 1. The third-order valence-electron chi connectivity index (χ3n) is 3.18. The van der Waals surface area contributed by atoms with Crippen LogP contribution < -0.4 is 0 Å². The van der Waals surface area contributed by atoms with E-state index in [2.05, 4.69) is 23.8 Å². The maximum absolute atomic E-state index is 11.6. The zero-order valence-electron chi connectivity index (χ0n) is 12.1. The number of hydrogen-bond acceptors (Lipinski definition) is 4. The van der Waals surface area contributed by atoms with Crippen molar-refractivity contribution in [3.05, 3.63) is 21.7 Å². The summed E-state index contributed by atoms with van der Waals surface area (Å²) in [6, 6.07) is 0. The predicted molar refractivity (Wildman–Crippen MR) is 78.1 cm³/mol. The molecule has 0 fully saturated rings. The maximum atomic E-state index is 11.6. The van der Waals surface area contributed by atoms with E-state index in [1.54, 1.807) is 0 Å². The summed E-state index contributed by atoms with van der Waals surface area (Å²) in [5, 5.41) is 0. The number of ether oxygens (including phenoxy) is 1. The molecule has 0 bridgehead atoms. The second-order valence-corrected chi connectivity index (χ2v) is 5.08. The van der Waals surface area contributed by atoms with Crippen molar-refractivity contribution in [1.82, 2.24) is 9.97 Å². The Balaban J connectivity index is 3.18. The Labute approximate surface area is 119 Å². The largest absolute Gasteiger partial charge is 0.465 e. The van der Waals surface area contributed by atoms with E-state index in [-0.39, 0.29) is 0 Å². The van der Waals surface area contributed by atoms with Crippen LogP contribution in [-0.4, -0.2) is 23.0 Å². The third-order valence-corrected chi connectivity index (χ3v) is 3.47. The van der Waals surface area contributed by atoms with E-state index in [4.69, 9.17) is 17.0 Å². The lowest BCUT2D eigenvalue weighted by Crippen LogP contribution is -2.12. The van der Waals surface area contributed by atoms with Gasteiger partial charge < -0.3 is 9.72 Å². The molecule has 1 N–H and O–H groups in total. The molecule has 0 aliphatic rings. The van der Waals surface area contributed by atoms with Gasteiger partial charge in [-0.3, -0.25) is 0 Å². The smallest absolute Gasteiger partial charge is 0.342 e. The van der Waals surface area contributed by atoms with Crippen LogP contribution in [0.3, 0.4) is 0 Å². The molecule has 1 aromatic rings. The lowest BCUT2D eigenvalue weighted by Gasteiger charge is -2.16. The van der Waals surface area contributed by atoms with Crippen molar-refractivity contribution in [2.45, 2.75) is 52.4 Å². The van der Waals surface area contributed by atoms with Crippen molar-refractivity contribution in [2.75, 3.05) is 7.11 Å². The Bertz CT molecular complexity index is 491. The summed E-state index contributed by atoms with van der Waals surface area (Å²) in [6.45, 7) is 6.15. The Morgan fingerprint density at radius 2 is 1.95 bits per heavy atom. The highest BCUT2D eigenvalue weighted by molar-refractivity contribution is 7.71. The zero-order chi connectivity index (χ0) is 14.4. The number of carbonyl (C=O) groups excluding carboxylic acids is 1. The maximum Gasteiger partial charge on any atom is 0.342 e. The first kappa shape index (κ1) is 15.8. The first-order valence-corrected chi connectivity index (χ1v) is 7.15. The number of aryl methyl sites for hydroxylation is 1. The molecule has 0 radical (unpaired) electrons. The van der Waals surface area contributed by atoms with Gasteiger partial charge in [0.2, 0.25) is 0 Å². The number of methoxy groups -OCH3 is 1. The van der Waals surface area contributed by atoms with Crippen LogP contribution in [0.5, 0.6) is 0 Å². The monoisotopic (exact) mass is 282 g/mol. The number of esters is 1. The molecular weight excluding hydrogens is 260 g/mol. The van der Waals surface area contributed by atoms with Crippen LogP contribution in [0.25, 0.3) is 0 Å². The quantitative estimate of drug-likeness (QED) is 0.634. The molecule has 1 aromatic heterocycles. The molecule has 4 nitrogen and oxygen atoms in total. The average molecular weight is 282 g/mol. The molecule has 0 spiro atoms. The number of aromatic nitrogens is 2. The van der Waals surface area contributed by atoms with Crippen molar-refractivity contribution in [2.24, 2.45) is 0 Å². The highest BCUT2D eigenvalue weighted by atomic mass is 32.1. The van der Waals surface area contributed by atoms with E-state index in [0.717, 1.165) is 37.2 Å². The molecular formula is C14H22N2O2S. The molecule has 19 heavy (non-hydrogen) atoms. The van der Waals surface area contributed by atoms with Crippen LogP contribution >= 0.6 is 12.2 Å². The summed E-state index contributed by atoms with van der Waals surface area (Å²) in [5.41, 5.74) is 1.10. The number of hydrogen-bond donors (Lipinski definition) is 1. The summed E-state index contributed by atoms with van der Waals surface area (Å²) in [7, 11) is 1.35. The van der Waals surface area contributed by atoms with E-state index in [1.165, 1.54) is 7.11 Å². The molecule has 0 aliphatic carbocycles. The van der Waals surface area contributed by atoms with E-state index in [1.807, 2.05) is 6.92 Å². The molecule has 0 amide bonds. The van der Waals surface area contributed by atoms with Gasteiger partial charge in [-0.1, -0.05) is 38.9 Å². The zero-order valence-corrected chi connectivity index (χ0v) is 12.9. The highest BCUT2D eigenvalue weighted by Gasteiger charge is 2.18. The minimum absolute atomic E-state index is 0.329. The van der Waals surface area contributed by atoms with Crippen LogP contribution in [0.15, 0.2) is 0 Å². The molecule has 0 aromatic carbocycles. The SMILES string of the molecule is CCCC(CCC)c1nc(=S)c(C(=O)OC)c(C)[nH]1. The van der Waals surface area contributed by atoms with Crippen molar-refractivity contribution in [3.8, 4) is 0 Å². The van der Waals surface area contributed by atoms with Crippen molar-refractivity contribution in [3.63, 3.8) is 0 Å². The minimum atomic E-state index is -0.430. The number of H-pyrrole nitrogens is 1. The standard InChI is InChI=1S/C14H22N2O2S/c1-5-7-10(8-6-2)12-15-9(3)11(13(19)16-12)14(17)18-4/h10H,5-8H2,1-4H3,(H,15,16,19). The third kappa shape index (κ3) is 3.86. The minimum Gasteiger partial charge on any atom is -0.465 e. The molecule has 0 atom stereocenters. The Morgan fingerprint density at radius 1 is 1.37 bits per heavy atom. The van der Waals surface area contributed by atoms with E-state index < -0.39 is 5.97 Å². The number of carbonyl (C=O) groups is 1. The molecule has 0 unspecified atom stereocenters. The topological polar surface area (TPSA) is 55.0 Å². The molecule has 1 heterocycles. The number of rotatable bonds is 6. The lowest BCUT2D eigenvalue weighted by atomic mass is 9.97. The van der Waals surface area contributed by atoms with Gasteiger partial charge in [0, 0.05) is 11.6 Å². The summed E-state index contributed by atoms with van der Waals surface area (Å²) in [5.74, 6) is 0.835. The summed E-state index contributed by atoms with van der Waals surface area (Å²) in [6.07, 6.45) is 4.35. The van der Waals surface area contributed by atoms with Crippen LogP contribution in [0.4, 0.5) is 0 Å². The van der Waals surface area contributed by atoms with Gasteiger partial charge in [0.1, 0.15) is 16.0 Å². The fourth-order valence-electron chi connectivity index (χ4n) is 2.26. The van der Waals surface area contributed by atoms with E-state index in [9.17, 15) is 4.79 Å². The Morgan fingerprint density at radius 3 is 2.37 bits per heavy atom. The molecule has 0 saturated heterocycles. The second kappa shape index (κ2) is 7.38. The van der Waals surface area contributed by atoms with Gasteiger partial charge in [-0.15, -0.1) is 0 Å². The fourth-order valence-corrected chi connectivity index (χ4v) is 2.59. The molecule has 5 heteroatoms. The molecule has 0 saturated carbocycles. The molecule has 106 valence electrons. The van der Waals surface area contributed by atoms with Crippen LogP contribution in [0.2, 0.25) is 0 Å². The van der Waals surface area contributed by atoms with Gasteiger partial charge in [-0.05, 0) is 19.8 Å². The first-order chi connectivity index (χ1) is 9.04. The first-order valence-electron chi connectivity index (χ1n) is 6.74. The molecule has 0 aliphatic heterocycles. The Kier molecular flexibility index (Phi) is 6.15. The van der Waals surface area contributed by atoms with Gasteiger partial charge in [0.05, 0.1) is 7.11 Å². The van der Waals surface area contributed by atoms with Crippen LogP contribution in [0.1, 0.15) is 67.3 Å². The lowest BCUT2D eigenvalue weighted by molar-refractivity contribution is 0.0598. The summed E-state index contributed by atoms with van der Waals surface area (Å²) < 4.78 is 5.06. The Hall–Kier alpha value is -1.23. The van der Waals surface area contributed by atoms with Crippen molar-refractivity contribution < 1.29 is 9.53 Å². The van der Waals surface area contributed by atoms with Gasteiger partial charge in [0.25, 0.3) is 0 Å². The van der Waals surface area contributed by atoms with Gasteiger partial charge in [-0.25, -0.2) is 9.78 Å². The molecule has 1 rings (SSSR count). The summed E-state index contributed by atoms with van der Waals surface area (Å²) >= 11 is 5.23.